The summed E-state index contributed by atoms with van der Waals surface area (Å²) in [6.45, 7) is 1.66. The molecule has 0 spiro atoms. The Morgan fingerprint density at radius 3 is 2.50 bits per heavy atom. The maximum atomic E-state index is 13.8. The van der Waals surface area contributed by atoms with E-state index < -0.39 is 22.4 Å². The Morgan fingerprint density at radius 2 is 2.00 bits per heavy atom. The van der Waals surface area contributed by atoms with E-state index in [0.29, 0.717) is 5.75 Å². The molecular weight excluding hydrogens is 310 g/mol. The predicted molar refractivity (Wildman–Crippen MR) is 81.9 cm³/mol. The molecule has 122 valence electrons. The number of carbonyl (C=O) groups is 1. The van der Waals surface area contributed by atoms with Crippen molar-refractivity contribution in [2.75, 3.05) is 12.0 Å². The van der Waals surface area contributed by atoms with Crippen molar-refractivity contribution in [2.45, 2.75) is 38.4 Å². The summed E-state index contributed by atoms with van der Waals surface area (Å²) < 4.78 is 38.7. The number of benzene rings is 1. The molecule has 2 amide bonds. The number of hydrogen-bond donors (Lipinski definition) is 1. The number of urea groups is 1. The lowest BCUT2D eigenvalue weighted by Crippen LogP contribution is -2.46. The van der Waals surface area contributed by atoms with Crippen LogP contribution >= 0.6 is 0 Å². The monoisotopic (exact) mass is 330 g/mol. The summed E-state index contributed by atoms with van der Waals surface area (Å²) in [6, 6.07) is 3.05. The molecule has 1 aromatic rings. The Kier molecular flexibility index (Phi) is 5.50. The van der Waals surface area contributed by atoms with Gasteiger partial charge in [-0.05, 0) is 31.9 Å². The molecule has 0 saturated heterocycles. The molecule has 0 bridgehead atoms. The van der Waals surface area contributed by atoms with Crippen LogP contribution in [-0.4, -0.2) is 39.2 Å². The zero-order chi connectivity index (χ0) is 16.3. The number of hydrogen-bond acceptors (Lipinski definition) is 2. The highest BCUT2D eigenvalue weighted by Gasteiger charge is 2.34. The van der Waals surface area contributed by atoms with Crippen LogP contribution in [0.3, 0.4) is 0 Å². The van der Waals surface area contributed by atoms with Gasteiger partial charge >= 0.3 is 6.03 Å². The van der Waals surface area contributed by atoms with Crippen LogP contribution in [0.4, 0.5) is 13.6 Å². The zero-order valence-corrected chi connectivity index (χ0v) is 13.5. The highest BCUT2D eigenvalue weighted by Crippen LogP contribution is 2.29. The van der Waals surface area contributed by atoms with Gasteiger partial charge in [0.1, 0.15) is 11.6 Å². The molecule has 0 aromatic heterocycles. The van der Waals surface area contributed by atoms with E-state index >= 15 is 0 Å². The van der Waals surface area contributed by atoms with E-state index in [1.807, 2.05) is 0 Å². The van der Waals surface area contributed by atoms with Gasteiger partial charge in [0.05, 0.1) is 6.54 Å². The largest absolute Gasteiger partial charge is 0.335 e. The molecule has 1 N–H and O–H groups in total. The molecule has 1 aromatic carbocycles. The fourth-order valence-corrected chi connectivity index (χ4v) is 3.08. The molecule has 0 radical (unpaired) electrons. The molecule has 2 rings (SSSR count). The fraction of sp³-hybridized carbons (Fsp3) is 0.533. The molecule has 1 saturated carbocycles. The van der Waals surface area contributed by atoms with Crippen LogP contribution in [0.1, 0.15) is 25.3 Å². The van der Waals surface area contributed by atoms with Crippen molar-refractivity contribution in [3.63, 3.8) is 0 Å². The summed E-state index contributed by atoms with van der Waals surface area (Å²) in [4.78, 5) is 13.8. The number of rotatable bonds is 6. The number of amides is 2. The maximum Gasteiger partial charge on any atom is 0.318 e. The van der Waals surface area contributed by atoms with Crippen LogP contribution in [0.25, 0.3) is 0 Å². The van der Waals surface area contributed by atoms with Crippen LogP contribution < -0.4 is 5.32 Å². The Morgan fingerprint density at radius 1 is 1.41 bits per heavy atom. The van der Waals surface area contributed by atoms with Crippen LogP contribution in [0.15, 0.2) is 18.2 Å². The second kappa shape index (κ2) is 7.17. The van der Waals surface area contributed by atoms with Crippen LogP contribution in [0, 0.1) is 11.6 Å². The molecule has 22 heavy (non-hydrogen) atoms. The molecule has 1 aliphatic carbocycles. The average molecular weight is 330 g/mol. The molecule has 2 atom stereocenters. The Hall–Kier alpha value is -1.50. The third kappa shape index (κ3) is 4.50. The molecule has 7 heteroatoms. The van der Waals surface area contributed by atoms with Crippen LogP contribution in [-0.2, 0) is 17.3 Å². The summed E-state index contributed by atoms with van der Waals surface area (Å²) >= 11 is 0. The van der Waals surface area contributed by atoms with Crippen molar-refractivity contribution in [1.82, 2.24) is 10.2 Å². The molecule has 1 fully saturated rings. The normalized spacial score (nSPS) is 16.9. The molecular formula is C15H20F2N2O2S. The predicted octanol–water partition coefficient (Wildman–Crippen LogP) is 2.41. The summed E-state index contributed by atoms with van der Waals surface area (Å²) in [7, 11) is -1.02. The van der Waals surface area contributed by atoms with Gasteiger partial charge in [-0.3, -0.25) is 4.21 Å². The van der Waals surface area contributed by atoms with Gasteiger partial charge < -0.3 is 10.2 Å². The Balaban J connectivity index is 2.07. The lowest BCUT2D eigenvalue weighted by Gasteiger charge is -2.25. The third-order valence-electron chi connectivity index (χ3n) is 3.49. The second-order valence-corrected chi connectivity index (χ2v) is 7.13. The van der Waals surface area contributed by atoms with Crippen molar-refractivity contribution in [1.29, 1.82) is 0 Å². The van der Waals surface area contributed by atoms with Crippen LogP contribution in [0.2, 0.25) is 0 Å². The Bertz CT molecular complexity index is 558. The topological polar surface area (TPSA) is 49.4 Å². The van der Waals surface area contributed by atoms with Crippen LogP contribution in [0.5, 0.6) is 0 Å². The average Bonchev–Trinajstić information content (AvgIpc) is 3.21. The highest BCUT2D eigenvalue weighted by molar-refractivity contribution is 7.84. The van der Waals surface area contributed by atoms with Crippen molar-refractivity contribution in [3.05, 3.63) is 35.4 Å². The third-order valence-corrected chi connectivity index (χ3v) is 4.46. The highest BCUT2D eigenvalue weighted by atomic mass is 32.2. The van der Waals surface area contributed by atoms with Crippen molar-refractivity contribution in [3.8, 4) is 0 Å². The smallest absolute Gasteiger partial charge is 0.318 e. The lowest BCUT2D eigenvalue weighted by atomic mass is 10.2. The first-order chi connectivity index (χ1) is 10.4. The minimum absolute atomic E-state index is 0.0123. The summed E-state index contributed by atoms with van der Waals surface area (Å²) in [5.41, 5.74) is -0.101. The minimum atomic E-state index is -1.02. The van der Waals surface area contributed by atoms with E-state index in [0.717, 1.165) is 12.8 Å². The molecule has 0 heterocycles. The van der Waals surface area contributed by atoms with Gasteiger partial charge in [-0.15, -0.1) is 0 Å². The van der Waals surface area contributed by atoms with Crippen molar-refractivity contribution in [2.24, 2.45) is 0 Å². The first kappa shape index (κ1) is 16.9. The van der Waals surface area contributed by atoms with Gasteiger partial charge in [0, 0.05) is 40.5 Å². The van der Waals surface area contributed by atoms with Gasteiger partial charge in [-0.1, -0.05) is 6.07 Å². The van der Waals surface area contributed by atoms with Gasteiger partial charge in [0.25, 0.3) is 0 Å². The number of carbonyl (C=O) groups excluding carboxylic acids is 1. The molecule has 0 unspecified atom stereocenters. The van der Waals surface area contributed by atoms with E-state index in [1.54, 1.807) is 13.2 Å². The second-order valence-electron chi connectivity index (χ2n) is 5.65. The van der Waals surface area contributed by atoms with E-state index in [2.05, 4.69) is 5.32 Å². The lowest BCUT2D eigenvalue weighted by molar-refractivity contribution is 0.188. The van der Waals surface area contributed by atoms with Crippen molar-refractivity contribution < 1.29 is 17.8 Å². The van der Waals surface area contributed by atoms with Gasteiger partial charge in [0.15, 0.2) is 0 Å². The van der Waals surface area contributed by atoms with E-state index in [1.165, 1.54) is 23.1 Å². The van der Waals surface area contributed by atoms with E-state index in [4.69, 9.17) is 0 Å². The van der Waals surface area contributed by atoms with Gasteiger partial charge in [-0.25, -0.2) is 13.6 Å². The first-order valence-electron chi connectivity index (χ1n) is 7.18. The standard InChI is InChI=1S/C15H20F2N2O2S/c1-10(9-22(2)21)18-15(20)19(11-6-7-11)8-12-13(16)4-3-5-14(12)17/h3-5,10-11H,6-9H2,1-2H3,(H,18,20)/t10-,22-/m0/s1. The zero-order valence-electron chi connectivity index (χ0n) is 12.6. The summed E-state index contributed by atoms with van der Waals surface area (Å²) in [6.07, 6.45) is 3.23. The SMILES string of the molecule is C[C@@H](C[S@](C)=O)NC(=O)N(Cc1c(F)cccc1F)C1CC1. The fourth-order valence-electron chi connectivity index (χ4n) is 2.29. The maximum absolute atomic E-state index is 13.8. The van der Waals surface area contributed by atoms with Crippen molar-refractivity contribution >= 4 is 16.8 Å². The Labute approximate surface area is 131 Å². The van der Waals surface area contributed by atoms with Gasteiger partial charge in [-0.2, -0.15) is 0 Å². The quantitative estimate of drug-likeness (QED) is 0.871. The summed E-state index contributed by atoms with van der Waals surface area (Å²) in [5.74, 6) is -0.958. The van der Waals surface area contributed by atoms with Gasteiger partial charge in [0.2, 0.25) is 0 Å². The molecule has 0 aliphatic heterocycles. The number of halogens is 2. The van der Waals surface area contributed by atoms with E-state index in [-0.39, 0.29) is 30.2 Å². The first-order valence-corrected chi connectivity index (χ1v) is 8.91. The molecule has 1 aliphatic rings. The summed E-state index contributed by atoms with van der Waals surface area (Å²) in [5, 5.41) is 2.74. The number of nitrogens with one attached hydrogen (secondary N) is 1. The number of nitrogens with zero attached hydrogens (tertiary/aromatic N) is 1. The molecule has 4 nitrogen and oxygen atoms in total. The minimum Gasteiger partial charge on any atom is -0.335 e. The van der Waals surface area contributed by atoms with E-state index in [9.17, 15) is 17.8 Å².